The summed E-state index contributed by atoms with van der Waals surface area (Å²) >= 11 is 0. The Morgan fingerprint density at radius 1 is 1.38 bits per heavy atom. The molecule has 8 heteroatoms. The van der Waals surface area contributed by atoms with Crippen LogP contribution in [0.4, 0.5) is 0 Å². The number of amides is 1. The van der Waals surface area contributed by atoms with Gasteiger partial charge in [-0.2, -0.15) is 0 Å². The van der Waals surface area contributed by atoms with E-state index >= 15 is 0 Å². The van der Waals surface area contributed by atoms with E-state index in [1.165, 1.54) is 24.3 Å². The molecule has 1 aromatic heterocycles. The summed E-state index contributed by atoms with van der Waals surface area (Å²) in [7, 11) is -3.68. The third-order valence-electron chi connectivity index (χ3n) is 3.23. The Bertz CT molecular complexity index is 856. The second-order valence-electron chi connectivity index (χ2n) is 5.09. The van der Waals surface area contributed by atoms with Gasteiger partial charge in [-0.05, 0) is 25.1 Å². The summed E-state index contributed by atoms with van der Waals surface area (Å²) in [5.41, 5.74) is 0.947. The fourth-order valence-electron chi connectivity index (χ4n) is 2.06. The van der Waals surface area contributed by atoms with Crippen LogP contribution in [0.25, 0.3) is 0 Å². The van der Waals surface area contributed by atoms with E-state index < -0.39 is 15.9 Å². The van der Waals surface area contributed by atoms with Crippen molar-refractivity contribution in [1.29, 1.82) is 0 Å². The van der Waals surface area contributed by atoms with Crippen LogP contribution in [0.3, 0.4) is 0 Å². The number of aromatic nitrogens is 1. The summed E-state index contributed by atoms with van der Waals surface area (Å²) in [6.45, 7) is 7.27. The molecule has 0 unspecified atom stereocenters. The fourth-order valence-corrected chi connectivity index (χ4v) is 3.10. The van der Waals surface area contributed by atoms with Gasteiger partial charge in [0.05, 0.1) is 17.1 Å². The molecule has 0 atom stereocenters. The lowest BCUT2D eigenvalue weighted by atomic mass is 10.2. The van der Waals surface area contributed by atoms with Crippen LogP contribution in [0.1, 0.15) is 27.7 Å². The first-order valence-electron chi connectivity index (χ1n) is 7.25. The number of carbonyl (C=O) groups excluding carboxylic acids is 1. The summed E-state index contributed by atoms with van der Waals surface area (Å²) in [4.78, 5) is 16.4. The summed E-state index contributed by atoms with van der Waals surface area (Å²) in [6, 6.07) is 5.80. The van der Waals surface area contributed by atoms with E-state index in [2.05, 4.69) is 21.6 Å². The van der Waals surface area contributed by atoms with Gasteiger partial charge < -0.3 is 9.73 Å². The molecule has 0 spiro atoms. The number of rotatable bonds is 7. The predicted molar refractivity (Wildman–Crippen MR) is 89.0 cm³/mol. The van der Waals surface area contributed by atoms with Crippen molar-refractivity contribution in [2.45, 2.75) is 25.3 Å². The Morgan fingerprint density at radius 3 is 2.75 bits per heavy atom. The molecule has 0 fully saturated rings. The van der Waals surface area contributed by atoms with Crippen LogP contribution in [0, 0.1) is 13.8 Å². The molecule has 0 aliphatic carbocycles. The van der Waals surface area contributed by atoms with Gasteiger partial charge in [0.1, 0.15) is 5.76 Å². The van der Waals surface area contributed by atoms with Gasteiger partial charge >= 0.3 is 0 Å². The third kappa shape index (κ3) is 4.30. The Kier molecular flexibility index (Phi) is 5.53. The molecule has 2 aromatic rings. The average molecular weight is 349 g/mol. The van der Waals surface area contributed by atoms with E-state index in [-0.39, 0.29) is 23.5 Å². The van der Waals surface area contributed by atoms with E-state index in [0.717, 1.165) is 0 Å². The number of carbonyl (C=O) groups is 1. The fraction of sp³-hybridized carbons (Fsp3) is 0.250. The number of aryl methyl sites for hydroxylation is 2. The van der Waals surface area contributed by atoms with Crippen molar-refractivity contribution in [2.24, 2.45) is 0 Å². The van der Waals surface area contributed by atoms with Crippen molar-refractivity contribution in [2.75, 3.05) is 6.54 Å². The lowest BCUT2D eigenvalue weighted by molar-refractivity contribution is 0.0947. The molecular formula is C16H19N3O4S. The first-order chi connectivity index (χ1) is 11.3. The monoisotopic (exact) mass is 349 g/mol. The molecule has 0 aliphatic heterocycles. The molecule has 128 valence electrons. The molecule has 0 saturated heterocycles. The smallest absolute Gasteiger partial charge is 0.251 e. The number of nitrogens with zero attached hydrogens (tertiary/aromatic N) is 1. The first-order valence-corrected chi connectivity index (χ1v) is 8.73. The highest BCUT2D eigenvalue weighted by atomic mass is 32.2. The van der Waals surface area contributed by atoms with Crippen molar-refractivity contribution in [3.05, 3.63) is 59.8 Å². The minimum atomic E-state index is -3.68. The van der Waals surface area contributed by atoms with Crippen LogP contribution in [-0.4, -0.2) is 25.9 Å². The van der Waals surface area contributed by atoms with Gasteiger partial charge in [0, 0.05) is 19.0 Å². The standard InChI is InChI=1S/C16H19N3O4S/c1-4-8-18-24(21,22)14-7-5-6-13(9-14)16(20)17-10-15-11(2)19-12(3)23-15/h4-7,9,18H,1,8,10H2,2-3H3,(H,17,20). The van der Waals surface area contributed by atoms with Crippen LogP contribution < -0.4 is 10.0 Å². The summed E-state index contributed by atoms with van der Waals surface area (Å²) < 4.78 is 31.9. The largest absolute Gasteiger partial charge is 0.444 e. The topological polar surface area (TPSA) is 101 Å². The Hall–Kier alpha value is -2.45. The quantitative estimate of drug-likeness (QED) is 0.741. The molecule has 0 saturated carbocycles. The van der Waals surface area contributed by atoms with Gasteiger partial charge in [0.25, 0.3) is 5.91 Å². The molecule has 0 aliphatic rings. The summed E-state index contributed by atoms with van der Waals surface area (Å²) in [6.07, 6.45) is 1.44. The molecule has 7 nitrogen and oxygen atoms in total. The maximum absolute atomic E-state index is 12.2. The molecule has 1 heterocycles. The van der Waals surface area contributed by atoms with Crippen molar-refractivity contribution >= 4 is 15.9 Å². The predicted octanol–water partition coefficient (Wildman–Crippen LogP) is 1.69. The van der Waals surface area contributed by atoms with Gasteiger partial charge in [-0.15, -0.1) is 6.58 Å². The number of oxazole rings is 1. The normalized spacial score (nSPS) is 11.2. The van der Waals surface area contributed by atoms with Crippen LogP contribution in [0.15, 0.2) is 46.2 Å². The van der Waals surface area contributed by atoms with Crippen molar-refractivity contribution in [3.63, 3.8) is 0 Å². The zero-order valence-electron chi connectivity index (χ0n) is 13.5. The SMILES string of the molecule is C=CCNS(=O)(=O)c1cccc(C(=O)NCc2oc(C)nc2C)c1. The van der Waals surface area contributed by atoms with Gasteiger partial charge in [-0.25, -0.2) is 18.1 Å². The highest BCUT2D eigenvalue weighted by Gasteiger charge is 2.16. The van der Waals surface area contributed by atoms with Gasteiger partial charge in [-0.1, -0.05) is 12.1 Å². The molecule has 2 rings (SSSR count). The maximum atomic E-state index is 12.2. The molecule has 0 radical (unpaired) electrons. The molecular weight excluding hydrogens is 330 g/mol. The summed E-state index contributed by atoms with van der Waals surface area (Å²) in [5, 5.41) is 2.69. The highest BCUT2D eigenvalue weighted by Crippen LogP contribution is 2.13. The first kappa shape index (κ1) is 17.9. The molecule has 1 aromatic carbocycles. The number of benzene rings is 1. The molecule has 0 bridgehead atoms. The molecule has 2 N–H and O–H groups in total. The Morgan fingerprint density at radius 2 is 2.12 bits per heavy atom. The number of nitrogens with one attached hydrogen (secondary N) is 2. The second kappa shape index (κ2) is 7.41. The van der Waals surface area contributed by atoms with Crippen LogP contribution in [0.5, 0.6) is 0 Å². The van der Waals surface area contributed by atoms with E-state index in [0.29, 0.717) is 17.3 Å². The number of hydrogen-bond donors (Lipinski definition) is 2. The second-order valence-corrected chi connectivity index (χ2v) is 6.86. The minimum Gasteiger partial charge on any atom is -0.444 e. The van der Waals surface area contributed by atoms with Crippen LogP contribution in [0.2, 0.25) is 0 Å². The average Bonchev–Trinajstić information content (AvgIpc) is 2.88. The van der Waals surface area contributed by atoms with Crippen molar-refractivity contribution < 1.29 is 17.6 Å². The van der Waals surface area contributed by atoms with E-state index in [4.69, 9.17) is 4.42 Å². The van der Waals surface area contributed by atoms with E-state index in [1.54, 1.807) is 19.9 Å². The third-order valence-corrected chi connectivity index (χ3v) is 4.65. The van der Waals surface area contributed by atoms with Gasteiger partial charge in [-0.3, -0.25) is 4.79 Å². The van der Waals surface area contributed by atoms with Crippen molar-refractivity contribution in [1.82, 2.24) is 15.0 Å². The Labute approximate surface area is 140 Å². The molecule has 24 heavy (non-hydrogen) atoms. The lowest BCUT2D eigenvalue weighted by Crippen LogP contribution is -2.25. The lowest BCUT2D eigenvalue weighted by Gasteiger charge is -2.07. The minimum absolute atomic E-state index is 0.0173. The highest BCUT2D eigenvalue weighted by molar-refractivity contribution is 7.89. The van der Waals surface area contributed by atoms with E-state index in [9.17, 15) is 13.2 Å². The van der Waals surface area contributed by atoms with Gasteiger partial charge in [0.15, 0.2) is 5.89 Å². The van der Waals surface area contributed by atoms with Crippen LogP contribution in [-0.2, 0) is 16.6 Å². The number of hydrogen-bond acceptors (Lipinski definition) is 5. The zero-order valence-corrected chi connectivity index (χ0v) is 14.3. The van der Waals surface area contributed by atoms with Gasteiger partial charge in [0.2, 0.25) is 10.0 Å². The maximum Gasteiger partial charge on any atom is 0.251 e. The van der Waals surface area contributed by atoms with Crippen LogP contribution >= 0.6 is 0 Å². The Balaban J connectivity index is 2.11. The van der Waals surface area contributed by atoms with E-state index in [1.807, 2.05) is 0 Å². The van der Waals surface area contributed by atoms with Crippen molar-refractivity contribution in [3.8, 4) is 0 Å². The zero-order chi connectivity index (χ0) is 17.7. The molecule has 1 amide bonds. The summed E-state index contributed by atoms with van der Waals surface area (Å²) in [5.74, 6) is 0.694. The number of sulfonamides is 1.